The van der Waals surface area contributed by atoms with Crippen LogP contribution in [0.25, 0.3) is 0 Å². The van der Waals surface area contributed by atoms with Gasteiger partial charge in [-0.05, 0) is 64.4 Å². The summed E-state index contributed by atoms with van der Waals surface area (Å²) in [5.41, 5.74) is 12.0. The van der Waals surface area contributed by atoms with Crippen molar-refractivity contribution in [2.24, 2.45) is 5.73 Å². The van der Waals surface area contributed by atoms with E-state index in [9.17, 15) is 0 Å². The van der Waals surface area contributed by atoms with Crippen LogP contribution in [-0.2, 0) is 6.42 Å². The zero-order chi connectivity index (χ0) is 15.6. The van der Waals surface area contributed by atoms with Crippen LogP contribution in [0.2, 0.25) is 0 Å². The van der Waals surface area contributed by atoms with Gasteiger partial charge in [-0.2, -0.15) is 0 Å². The fraction of sp³-hybridized carbons (Fsp3) is 0.667. The zero-order valence-corrected chi connectivity index (χ0v) is 14.3. The first kappa shape index (κ1) is 16.5. The van der Waals surface area contributed by atoms with E-state index >= 15 is 0 Å². The number of hydrogen-bond acceptors (Lipinski definition) is 3. The summed E-state index contributed by atoms with van der Waals surface area (Å²) in [5, 5.41) is 0. The van der Waals surface area contributed by atoms with E-state index in [1.807, 2.05) is 0 Å². The number of hydrogen-bond donors (Lipinski definition) is 1. The topological polar surface area (TPSA) is 32.5 Å². The maximum atomic E-state index is 6.47. The highest BCUT2D eigenvalue weighted by Gasteiger charge is 2.24. The predicted molar refractivity (Wildman–Crippen MR) is 90.9 cm³/mol. The van der Waals surface area contributed by atoms with Gasteiger partial charge in [-0.1, -0.05) is 17.7 Å². The Hall–Kier alpha value is -0.900. The summed E-state index contributed by atoms with van der Waals surface area (Å²) in [6.07, 6.45) is 2.07. The minimum atomic E-state index is 0.240. The monoisotopic (exact) mass is 289 g/mol. The molecule has 1 fully saturated rings. The van der Waals surface area contributed by atoms with Crippen molar-refractivity contribution in [2.45, 2.75) is 45.7 Å². The van der Waals surface area contributed by atoms with E-state index in [1.165, 1.54) is 28.8 Å². The molecule has 2 unspecified atom stereocenters. The first-order valence-electron chi connectivity index (χ1n) is 8.08. The molecule has 2 rings (SSSR count). The highest BCUT2D eigenvalue weighted by molar-refractivity contribution is 5.38. The molecule has 2 N–H and O–H groups in total. The smallest absolute Gasteiger partial charge is 0.0235 e. The van der Waals surface area contributed by atoms with Crippen LogP contribution in [0.1, 0.15) is 28.7 Å². The van der Waals surface area contributed by atoms with E-state index in [-0.39, 0.29) is 6.04 Å². The van der Waals surface area contributed by atoms with Crippen LogP contribution >= 0.6 is 0 Å². The van der Waals surface area contributed by atoms with E-state index in [1.54, 1.807) is 0 Å². The average molecular weight is 289 g/mol. The molecule has 0 saturated carbocycles. The number of aryl methyl sites for hydroxylation is 3. The molecule has 0 amide bonds. The number of piperazine rings is 1. The van der Waals surface area contributed by atoms with Crippen LogP contribution in [-0.4, -0.2) is 55.6 Å². The summed E-state index contributed by atoms with van der Waals surface area (Å²) in [4.78, 5) is 4.88. The second-order valence-corrected chi connectivity index (χ2v) is 6.97. The summed E-state index contributed by atoms with van der Waals surface area (Å²) in [5.74, 6) is 0. The molecule has 1 aromatic carbocycles. The molecule has 1 aromatic rings. The maximum Gasteiger partial charge on any atom is 0.0235 e. The van der Waals surface area contributed by atoms with Crippen molar-refractivity contribution in [1.29, 1.82) is 0 Å². The summed E-state index contributed by atoms with van der Waals surface area (Å²) in [6, 6.07) is 5.37. The molecule has 0 aliphatic carbocycles. The SMILES string of the molecule is Cc1cc(C)c(CC(N)CC2CN(C)CCN2C)c(C)c1. The highest BCUT2D eigenvalue weighted by atomic mass is 15.3. The number of benzene rings is 1. The van der Waals surface area contributed by atoms with Gasteiger partial charge in [0, 0.05) is 31.7 Å². The molecule has 21 heavy (non-hydrogen) atoms. The van der Waals surface area contributed by atoms with Gasteiger partial charge in [0.1, 0.15) is 0 Å². The molecule has 0 bridgehead atoms. The Morgan fingerprint density at radius 2 is 1.76 bits per heavy atom. The van der Waals surface area contributed by atoms with Crippen LogP contribution in [0.15, 0.2) is 12.1 Å². The molecule has 1 saturated heterocycles. The van der Waals surface area contributed by atoms with Gasteiger partial charge in [-0.3, -0.25) is 0 Å². The van der Waals surface area contributed by atoms with Crippen LogP contribution in [0.5, 0.6) is 0 Å². The molecule has 0 radical (unpaired) electrons. The third kappa shape index (κ3) is 4.29. The third-order valence-electron chi connectivity index (χ3n) is 4.86. The van der Waals surface area contributed by atoms with Crippen LogP contribution < -0.4 is 5.73 Å². The minimum absolute atomic E-state index is 0.240. The first-order valence-corrected chi connectivity index (χ1v) is 8.08. The van der Waals surface area contributed by atoms with Crippen LogP contribution in [0, 0.1) is 20.8 Å². The second kappa shape index (κ2) is 6.91. The summed E-state index contributed by atoms with van der Waals surface area (Å²) < 4.78 is 0. The Kier molecular flexibility index (Phi) is 5.42. The minimum Gasteiger partial charge on any atom is -0.327 e. The Balaban J connectivity index is 2.00. The number of likely N-dealkylation sites (N-methyl/N-ethyl adjacent to an activating group) is 2. The van der Waals surface area contributed by atoms with Gasteiger partial charge in [-0.15, -0.1) is 0 Å². The molecular formula is C18H31N3. The fourth-order valence-electron chi connectivity index (χ4n) is 3.58. The molecule has 3 heteroatoms. The molecule has 0 aromatic heterocycles. The molecule has 1 aliphatic heterocycles. The molecule has 1 heterocycles. The van der Waals surface area contributed by atoms with E-state index in [0.717, 1.165) is 25.9 Å². The molecule has 3 nitrogen and oxygen atoms in total. The van der Waals surface area contributed by atoms with Crippen molar-refractivity contribution >= 4 is 0 Å². The Morgan fingerprint density at radius 1 is 1.14 bits per heavy atom. The van der Waals surface area contributed by atoms with E-state index < -0.39 is 0 Å². The molecular weight excluding hydrogens is 258 g/mol. The molecule has 1 aliphatic rings. The Morgan fingerprint density at radius 3 is 2.38 bits per heavy atom. The van der Waals surface area contributed by atoms with Gasteiger partial charge in [0.25, 0.3) is 0 Å². The van der Waals surface area contributed by atoms with Crippen LogP contribution in [0.4, 0.5) is 0 Å². The lowest BCUT2D eigenvalue weighted by Gasteiger charge is -2.39. The second-order valence-electron chi connectivity index (χ2n) is 6.97. The zero-order valence-electron chi connectivity index (χ0n) is 14.3. The normalized spacial score (nSPS) is 22.5. The molecule has 0 spiro atoms. The van der Waals surface area contributed by atoms with Crippen molar-refractivity contribution < 1.29 is 0 Å². The van der Waals surface area contributed by atoms with Gasteiger partial charge in [-0.25, -0.2) is 0 Å². The molecule has 2 atom stereocenters. The van der Waals surface area contributed by atoms with E-state index in [2.05, 4.69) is 56.8 Å². The predicted octanol–water partition coefficient (Wildman–Crippen LogP) is 2.12. The third-order valence-corrected chi connectivity index (χ3v) is 4.86. The highest BCUT2D eigenvalue weighted by Crippen LogP contribution is 2.20. The average Bonchev–Trinajstić information content (AvgIpc) is 2.38. The van der Waals surface area contributed by atoms with Gasteiger partial charge in [0.05, 0.1) is 0 Å². The number of nitrogens with two attached hydrogens (primary N) is 1. The largest absolute Gasteiger partial charge is 0.327 e. The summed E-state index contributed by atoms with van der Waals surface area (Å²) in [7, 11) is 4.44. The standard InChI is InChI=1S/C18H31N3/c1-13-8-14(2)18(15(3)9-13)11-16(19)10-17-12-20(4)6-7-21(17)5/h8-9,16-17H,6-7,10-12,19H2,1-5H3. The van der Waals surface area contributed by atoms with Crippen molar-refractivity contribution in [2.75, 3.05) is 33.7 Å². The number of rotatable bonds is 4. The van der Waals surface area contributed by atoms with E-state index in [4.69, 9.17) is 5.73 Å². The summed E-state index contributed by atoms with van der Waals surface area (Å²) >= 11 is 0. The van der Waals surface area contributed by atoms with Gasteiger partial charge in [0.15, 0.2) is 0 Å². The van der Waals surface area contributed by atoms with Crippen molar-refractivity contribution in [3.63, 3.8) is 0 Å². The van der Waals surface area contributed by atoms with E-state index in [0.29, 0.717) is 6.04 Å². The quantitative estimate of drug-likeness (QED) is 0.921. The van der Waals surface area contributed by atoms with Crippen molar-refractivity contribution in [1.82, 2.24) is 9.80 Å². The summed E-state index contributed by atoms with van der Waals surface area (Å²) in [6.45, 7) is 10.0. The fourth-order valence-corrected chi connectivity index (χ4v) is 3.58. The lowest BCUT2D eigenvalue weighted by molar-refractivity contribution is 0.104. The lowest BCUT2D eigenvalue weighted by atomic mass is 9.92. The maximum absolute atomic E-state index is 6.47. The van der Waals surface area contributed by atoms with Gasteiger partial charge >= 0.3 is 0 Å². The first-order chi connectivity index (χ1) is 9.86. The van der Waals surface area contributed by atoms with Crippen molar-refractivity contribution in [3.8, 4) is 0 Å². The molecule has 118 valence electrons. The lowest BCUT2D eigenvalue weighted by Crippen LogP contribution is -2.51. The Labute approximate surface area is 130 Å². The Bertz CT molecular complexity index is 460. The van der Waals surface area contributed by atoms with Gasteiger partial charge < -0.3 is 15.5 Å². The number of nitrogens with zero attached hydrogens (tertiary/aromatic N) is 2. The van der Waals surface area contributed by atoms with Crippen LogP contribution in [0.3, 0.4) is 0 Å². The van der Waals surface area contributed by atoms with Crippen molar-refractivity contribution in [3.05, 3.63) is 34.4 Å². The van der Waals surface area contributed by atoms with Gasteiger partial charge in [0.2, 0.25) is 0 Å².